The molecule has 1 N–H and O–H groups in total. The highest BCUT2D eigenvalue weighted by Gasteiger charge is 2.08. The Balaban J connectivity index is 2.68. The molecule has 0 unspecified atom stereocenters. The molecule has 0 heterocycles. The van der Waals surface area contributed by atoms with Gasteiger partial charge in [-0.25, -0.2) is 0 Å². The van der Waals surface area contributed by atoms with Gasteiger partial charge in [0.05, 0.1) is 6.61 Å². The highest BCUT2D eigenvalue weighted by Crippen LogP contribution is 2.15. The van der Waals surface area contributed by atoms with Crippen LogP contribution in [0.5, 0.6) is 5.75 Å². The predicted molar refractivity (Wildman–Crippen MR) is 90.1 cm³/mol. The zero-order valence-electron chi connectivity index (χ0n) is 14.0. The normalized spacial score (nSPS) is 10.8. The lowest BCUT2D eigenvalue weighted by atomic mass is 10.1. The molecule has 24 heavy (non-hydrogen) atoms. The zero-order valence-corrected chi connectivity index (χ0v) is 14.0. The minimum absolute atomic E-state index is 0.00112. The van der Waals surface area contributed by atoms with Crippen molar-refractivity contribution in [2.45, 2.75) is 26.2 Å². The molecule has 6 heteroatoms. The summed E-state index contributed by atoms with van der Waals surface area (Å²) in [6.07, 6.45) is 3.59. The summed E-state index contributed by atoms with van der Waals surface area (Å²) in [5, 5.41) is 11.7. The number of benzene rings is 1. The molecule has 0 bridgehead atoms. The van der Waals surface area contributed by atoms with Crippen LogP contribution in [0, 0.1) is 11.3 Å². The molecule has 0 aliphatic carbocycles. The van der Waals surface area contributed by atoms with Crippen LogP contribution in [0.15, 0.2) is 29.8 Å². The number of nitrogens with zero attached hydrogens (tertiary/aromatic N) is 1. The van der Waals surface area contributed by atoms with E-state index in [-0.39, 0.29) is 11.5 Å². The largest absolute Gasteiger partial charge is 0.427 e. The van der Waals surface area contributed by atoms with Gasteiger partial charge in [-0.3, -0.25) is 9.59 Å². The van der Waals surface area contributed by atoms with Crippen LogP contribution in [0.25, 0.3) is 6.08 Å². The van der Waals surface area contributed by atoms with E-state index in [2.05, 4.69) is 5.32 Å². The Hall–Kier alpha value is -2.65. The number of hydrogen-bond acceptors (Lipinski definition) is 5. The first-order valence-corrected chi connectivity index (χ1v) is 7.80. The molecule has 0 spiro atoms. The van der Waals surface area contributed by atoms with Crippen LogP contribution in [0.1, 0.15) is 31.7 Å². The topological polar surface area (TPSA) is 88.4 Å². The fourth-order valence-corrected chi connectivity index (χ4v) is 1.81. The van der Waals surface area contributed by atoms with Gasteiger partial charge >= 0.3 is 5.97 Å². The van der Waals surface area contributed by atoms with E-state index in [1.807, 2.05) is 13.0 Å². The quantitative estimate of drug-likeness (QED) is 0.247. The van der Waals surface area contributed by atoms with Crippen LogP contribution in [-0.4, -0.2) is 32.1 Å². The molecule has 0 radical (unpaired) electrons. The summed E-state index contributed by atoms with van der Waals surface area (Å²) in [6, 6.07) is 8.50. The van der Waals surface area contributed by atoms with E-state index < -0.39 is 5.91 Å². The fourth-order valence-electron chi connectivity index (χ4n) is 1.81. The third-order valence-electron chi connectivity index (χ3n) is 3.11. The first-order chi connectivity index (χ1) is 11.6. The summed E-state index contributed by atoms with van der Waals surface area (Å²) in [5.41, 5.74) is 0.667. The van der Waals surface area contributed by atoms with Gasteiger partial charge < -0.3 is 14.8 Å². The number of carbonyl (C=O) groups excluding carboxylic acids is 2. The van der Waals surface area contributed by atoms with Gasteiger partial charge in [-0.2, -0.15) is 5.26 Å². The third kappa shape index (κ3) is 7.07. The number of hydrogen-bond donors (Lipinski definition) is 1. The van der Waals surface area contributed by atoms with E-state index in [1.165, 1.54) is 13.2 Å². The highest BCUT2D eigenvalue weighted by atomic mass is 16.5. The van der Waals surface area contributed by atoms with Gasteiger partial charge in [-0.05, 0) is 30.2 Å². The molecule has 0 aliphatic rings. The summed E-state index contributed by atoms with van der Waals surface area (Å²) in [7, 11) is 1.53. The Morgan fingerprint density at radius 3 is 2.58 bits per heavy atom. The highest BCUT2D eigenvalue weighted by molar-refractivity contribution is 6.01. The van der Waals surface area contributed by atoms with Crippen molar-refractivity contribution in [1.82, 2.24) is 5.32 Å². The maximum absolute atomic E-state index is 11.8. The van der Waals surface area contributed by atoms with Crippen molar-refractivity contribution in [2.24, 2.45) is 0 Å². The summed E-state index contributed by atoms with van der Waals surface area (Å²) < 4.78 is 10.0. The molecule has 0 aromatic heterocycles. The monoisotopic (exact) mass is 330 g/mol. The number of rotatable bonds is 9. The third-order valence-corrected chi connectivity index (χ3v) is 3.11. The SMILES string of the molecule is CCCCC(=O)Oc1ccc(/C=C(\C#N)C(=O)NCCOC)cc1. The number of nitrogens with one attached hydrogen (secondary N) is 1. The van der Waals surface area contributed by atoms with E-state index in [0.29, 0.717) is 30.9 Å². The molecule has 0 saturated heterocycles. The van der Waals surface area contributed by atoms with E-state index >= 15 is 0 Å². The molecule has 1 aromatic carbocycles. The fraction of sp³-hybridized carbons (Fsp3) is 0.389. The number of carbonyl (C=O) groups is 2. The Labute approximate surface area is 142 Å². The van der Waals surface area contributed by atoms with Crippen molar-refractivity contribution in [3.05, 3.63) is 35.4 Å². The van der Waals surface area contributed by atoms with E-state index in [4.69, 9.17) is 14.7 Å². The number of esters is 1. The average Bonchev–Trinajstić information content (AvgIpc) is 2.59. The van der Waals surface area contributed by atoms with Gasteiger partial charge in [0.1, 0.15) is 17.4 Å². The summed E-state index contributed by atoms with van der Waals surface area (Å²) in [5.74, 6) is -0.281. The van der Waals surface area contributed by atoms with Crippen molar-refractivity contribution < 1.29 is 19.1 Å². The van der Waals surface area contributed by atoms with Gasteiger partial charge in [-0.1, -0.05) is 25.5 Å². The van der Waals surface area contributed by atoms with Crippen LogP contribution < -0.4 is 10.1 Å². The minimum Gasteiger partial charge on any atom is -0.427 e. The van der Waals surface area contributed by atoms with E-state index in [1.54, 1.807) is 24.3 Å². The minimum atomic E-state index is -0.454. The maximum Gasteiger partial charge on any atom is 0.311 e. The smallest absolute Gasteiger partial charge is 0.311 e. The maximum atomic E-state index is 11.8. The van der Waals surface area contributed by atoms with Crippen LogP contribution in [0.4, 0.5) is 0 Å². The van der Waals surface area contributed by atoms with Crippen molar-refractivity contribution in [2.75, 3.05) is 20.3 Å². The first kappa shape index (κ1) is 19.4. The van der Waals surface area contributed by atoms with Crippen molar-refractivity contribution in [3.8, 4) is 11.8 Å². The van der Waals surface area contributed by atoms with Gasteiger partial charge in [0, 0.05) is 20.1 Å². The second-order valence-corrected chi connectivity index (χ2v) is 5.07. The predicted octanol–water partition coefficient (Wildman–Crippen LogP) is 2.45. The molecule has 0 fully saturated rings. The molecule has 6 nitrogen and oxygen atoms in total. The summed E-state index contributed by atoms with van der Waals surface area (Å²) >= 11 is 0. The molecule has 0 saturated carbocycles. The van der Waals surface area contributed by atoms with Crippen LogP contribution in [0.3, 0.4) is 0 Å². The van der Waals surface area contributed by atoms with Gasteiger partial charge in [0.2, 0.25) is 0 Å². The first-order valence-electron chi connectivity index (χ1n) is 7.80. The average molecular weight is 330 g/mol. The van der Waals surface area contributed by atoms with Crippen LogP contribution >= 0.6 is 0 Å². The van der Waals surface area contributed by atoms with E-state index in [0.717, 1.165) is 12.8 Å². The van der Waals surface area contributed by atoms with Gasteiger partial charge in [0.25, 0.3) is 5.91 Å². The second-order valence-electron chi connectivity index (χ2n) is 5.07. The van der Waals surface area contributed by atoms with Gasteiger partial charge in [-0.15, -0.1) is 0 Å². The molecule has 128 valence electrons. The number of nitriles is 1. The Morgan fingerprint density at radius 2 is 2.00 bits per heavy atom. The number of ether oxygens (including phenoxy) is 2. The number of unbranched alkanes of at least 4 members (excludes halogenated alkanes) is 1. The lowest BCUT2D eigenvalue weighted by molar-refractivity contribution is -0.134. The molecular weight excluding hydrogens is 308 g/mol. The molecule has 1 amide bonds. The van der Waals surface area contributed by atoms with Crippen LogP contribution in [-0.2, 0) is 14.3 Å². The standard InChI is InChI=1S/C18H22N2O4/c1-3-4-5-17(21)24-16-8-6-14(7-9-16)12-15(13-19)18(22)20-10-11-23-2/h6-9,12H,3-5,10-11H2,1-2H3,(H,20,22)/b15-12+. The Kier molecular flexibility index (Phi) is 8.87. The zero-order chi connectivity index (χ0) is 17.8. The summed E-state index contributed by atoms with van der Waals surface area (Å²) in [4.78, 5) is 23.4. The van der Waals surface area contributed by atoms with Crippen molar-refractivity contribution in [3.63, 3.8) is 0 Å². The Bertz CT molecular complexity index is 615. The number of amides is 1. The lowest BCUT2D eigenvalue weighted by Gasteiger charge is -2.05. The van der Waals surface area contributed by atoms with Gasteiger partial charge in [0.15, 0.2) is 0 Å². The number of methoxy groups -OCH3 is 1. The van der Waals surface area contributed by atoms with E-state index in [9.17, 15) is 9.59 Å². The molecular formula is C18H22N2O4. The van der Waals surface area contributed by atoms with Crippen LogP contribution in [0.2, 0.25) is 0 Å². The lowest BCUT2D eigenvalue weighted by Crippen LogP contribution is -2.27. The van der Waals surface area contributed by atoms with Crippen molar-refractivity contribution in [1.29, 1.82) is 5.26 Å². The summed E-state index contributed by atoms with van der Waals surface area (Å²) in [6.45, 7) is 2.72. The van der Waals surface area contributed by atoms with Crippen molar-refractivity contribution >= 4 is 18.0 Å². The molecule has 1 aromatic rings. The second kappa shape index (κ2) is 11.0. The molecule has 0 atom stereocenters. The Morgan fingerprint density at radius 1 is 1.29 bits per heavy atom. The molecule has 0 aliphatic heterocycles. The molecule has 1 rings (SSSR count).